The van der Waals surface area contributed by atoms with Crippen molar-refractivity contribution in [1.82, 2.24) is 20.1 Å². The van der Waals surface area contributed by atoms with Gasteiger partial charge in [0, 0.05) is 18.7 Å². The Hall–Kier alpha value is -2.52. The van der Waals surface area contributed by atoms with Gasteiger partial charge in [-0.1, -0.05) is 20.8 Å². The number of aryl methyl sites for hydroxylation is 1. The zero-order chi connectivity index (χ0) is 18.1. The summed E-state index contributed by atoms with van der Waals surface area (Å²) in [5, 5.41) is 7.81. The van der Waals surface area contributed by atoms with Gasteiger partial charge in [0.2, 0.25) is 5.89 Å². The molecule has 2 amide bonds. The molecule has 0 aliphatic heterocycles. The van der Waals surface area contributed by atoms with E-state index in [0.717, 1.165) is 10.9 Å². The zero-order valence-corrected chi connectivity index (χ0v) is 13.7. The van der Waals surface area contributed by atoms with Crippen molar-refractivity contribution in [1.29, 1.82) is 0 Å². The molecular formula is C14H18F3N5O2. The average molecular weight is 345 g/mol. The van der Waals surface area contributed by atoms with Gasteiger partial charge in [0.15, 0.2) is 5.69 Å². The summed E-state index contributed by atoms with van der Waals surface area (Å²) in [6.45, 7) is 5.81. The molecule has 0 fully saturated rings. The van der Waals surface area contributed by atoms with E-state index in [2.05, 4.69) is 20.7 Å². The van der Waals surface area contributed by atoms with Crippen molar-refractivity contribution in [3.8, 4) is 0 Å². The molecule has 2 aromatic rings. The lowest BCUT2D eigenvalue weighted by Gasteiger charge is -2.13. The Labute approximate surface area is 136 Å². The second kappa shape index (κ2) is 6.17. The van der Waals surface area contributed by atoms with Crippen LogP contribution in [0.1, 0.15) is 38.0 Å². The Morgan fingerprint density at radius 3 is 2.54 bits per heavy atom. The number of urea groups is 1. The molecule has 10 heteroatoms. The topological polar surface area (TPSA) is 85.0 Å². The minimum atomic E-state index is -4.66. The standard InChI is InChI=1S/C14H18F3N5O2/c1-13(2,3)9-7-24-10(20-9)5-18-12(23)19-8-6-22(4)21-11(8)14(15,16)17/h6-7H,5H2,1-4H3,(H2,18,19,23). The number of hydrogen-bond donors (Lipinski definition) is 2. The maximum Gasteiger partial charge on any atom is 0.437 e. The quantitative estimate of drug-likeness (QED) is 0.895. The van der Waals surface area contributed by atoms with Crippen LogP contribution in [0.15, 0.2) is 16.9 Å². The van der Waals surface area contributed by atoms with Crippen molar-refractivity contribution in [2.75, 3.05) is 5.32 Å². The fraction of sp³-hybridized carbons (Fsp3) is 0.500. The minimum Gasteiger partial charge on any atom is -0.447 e. The number of anilines is 1. The van der Waals surface area contributed by atoms with Gasteiger partial charge in [-0.25, -0.2) is 9.78 Å². The Balaban J connectivity index is 1.98. The summed E-state index contributed by atoms with van der Waals surface area (Å²) in [4.78, 5) is 16.0. The second-order valence-corrected chi connectivity index (χ2v) is 6.25. The first kappa shape index (κ1) is 17.8. The van der Waals surface area contributed by atoms with E-state index in [1.807, 2.05) is 20.8 Å². The van der Waals surface area contributed by atoms with Crippen LogP contribution in [0.5, 0.6) is 0 Å². The van der Waals surface area contributed by atoms with Crippen LogP contribution in [0.4, 0.5) is 23.7 Å². The van der Waals surface area contributed by atoms with Crippen LogP contribution in [0.25, 0.3) is 0 Å². The molecule has 132 valence electrons. The predicted octanol–water partition coefficient (Wildman–Crippen LogP) is 3.05. The molecular weight excluding hydrogens is 327 g/mol. The lowest BCUT2D eigenvalue weighted by Crippen LogP contribution is -2.29. The molecule has 24 heavy (non-hydrogen) atoms. The number of hydrogen-bond acceptors (Lipinski definition) is 4. The van der Waals surface area contributed by atoms with E-state index in [1.54, 1.807) is 0 Å². The molecule has 2 aromatic heterocycles. The number of nitrogens with one attached hydrogen (secondary N) is 2. The Morgan fingerprint density at radius 2 is 2.00 bits per heavy atom. The van der Waals surface area contributed by atoms with Gasteiger partial charge < -0.3 is 15.1 Å². The fourth-order valence-corrected chi connectivity index (χ4v) is 1.85. The molecule has 0 spiro atoms. The van der Waals surface area contributed by atoms with Gasteiger partial charge in [-0.2, -0.15) is 18.3 Å². The molecule has 0 bridgehead atoms. The molecule has 0 radical (unpaired) electrons. The van der Waals surface area contributed by atoms with Gasteiger partial charge in [0.25, 0.3) is 0 Å². The smallest absolute Gasteiger partial charge is 0.437 e. The van der Waals surface area contributed by atoms with E-state index >= 15 is 0 Å². The SMILES string of the molecule is Cn1cc(NC(=O)NCc2nc(C(C)(C)C)co2)c(C(F)(F)F)n1. The number of carbonyl (C=O) groups is 1. The van der Waals surface area contributed by atoms with E-state index in [4.69, 9.17) is 4.42 Å². The van der Waals surface area contributed by atoms with Gasteiger partial charge in [-0.3, -0.25) is 4.68 Å². The molecule has 0 aromatic carbocycles. The van der Waals surface area contributed by atoms with Crippen LogP contribution in [-0.2, 0) is 25.2 Å². The monoisotopic (exact) mass is 345 g/mol. The first-order chi connectivity index (χ1) is 11.0. The maximum atomic E-state index is 12.8. The van der Waals surface area contributed by atoms with Gasteiger partial charge in [0.05, 0.1) is 17.9 Å². The Kier molecular flexibility index (Phi) is 4.59. The predicted molar refractivity (Wildman–Crippen MR) is 79.3 cm³/mol. The number of amides is 2. The normalized spacial score (nSPS) is 12.3. The van der Waals surface area contributed by atoms with Gasteiger partial charge >= 0.3 is 12.2 Å². The molecule has 0 saturated carbocycles. The molecule has 0 aliphatic carbocycles. The summed E-state index contributed by atoms with van der Waals surface area (Å²) in [7, 11) is 1.33. The summed E-state index contributed by atoms with van der Waals surface area (Å²) < 4.78 is 44.6. The van der Waals surface area contributed by atoms with Crippen LogP contribution in [0.2, 0.25) is 0 Å². The third kappa shape index (κ3) is 4.27. The number of carbonyl (C=O) groups excluding carboxylic acids is 1. The molecule has 0 saturated heterocycles. The number of alkyl halides is 3. The van der Waals surface area contributed by atoms with E-state index < -0.39 is 23.6 Å². The molecule has 2 heterocycles. The molecule has 0 unspecified atom stereocenters. The third-order valence-corrected chi connectivity index (χ3v) is 3.07. The Bertz CT molecular complexity index is 728. The van der Waals surface area contributed by atoms with Crippen molar-refractivity contribution >= 4 is 11.7 Å². The van der Waals surface area contributed by atoms with Crippen molar-refractivity contribution in [3.05, 3.63) is 29.7 Å². The van der Waals surface area contributed by atoms with E-state index in [0.29, 0.717) is 5.69 Å². The zero-order valence-electron chi connectivity index (χ0n) is 13.7. The van der Waals surface area contributed by atoms with E-state index in [9.17, 15) is 18.0 Å². The maximum absolute atomic E-state index is 12.8. The largest absolute Gasteiger partial charge is 0.447 e. The highest BCUT2D eigenvalue weighted by atomic mass is 19.4. The summed E-state index contributed by atoms with van der Waals surface area (Å²) in [5.74, 6) is 0.261. The summed E-state index contributed by atoms with van der Waals surface area (Å²) in [6.07, 6.45) is -2.10. The van der Waals surface area contributed by atoms with Crippen LogP contribution in [0.3, 0.4) is 0 Å². The summed E-state index contributed by atoms with van der Waals surface area (Å²) in [5.41, 5.74) is -1.08. The van der Waals surface area contributed by atoms with Crippen LogP contribution < -0.4 is 10.6 Å². The van der Waals surface area contributed by atoms with Crippen molar-refractivity contribution in [2.45, 2.75) is 38.9 Å². The van der Waals surface area contributed by atoms with Crippen molar-refractivity contribution < 1.29 is 22.4 Å². The van der Waals surface area contributed by atoms with Crippen molar-refractivity contribution in [2.24, 2.45) is 7.05 Å². The number of nitrogens with zero attached hydrogens (tertiary/aromatic N) is 3. The lowest BCUT2D eigenvalue weighted by molar-refractivity contribution is -0.140. The lowest BCUT2D eigenvalue weighted by atomic mass is 9.93. The number of rotatable bonds is 3. The first-order valence-corrected chi connectivity index (χ1v) is 7.07. The minimum absolute atomic E-state index is 0.0521. The van der Waals surface area contributed by atoms with Crippen molar-refractivity contribution in [3.63, 3.8) is 0 Å². The van der Waals surface area contributed by atoms with Crippen LogP contribution in [0, 0.1) is 0 Å². The average Bonchev–Trinajstić information content (AvgIpc) is 3.02. The Morgan fingerprint density at radius 1 is 1.33 bits per heavy atom. The highest BCUT2D eigenvalue weighted by molar-refractivity contribution is 5.89. The second-order valence-electron chi connectivity index (χ2n) is 6.25. The first-order valence-electron chi connectivity index (χ1n) is 7.07. The number of oxazole rings is 1. The van der Waals surface area contributed by atoms with Gasteiger partial charge in [0.1, 0.15) is 6.26 Å². The van der Waals surface area contributed by atoms with Crippen LogP contribution in [-0.4, -0.2) is 20.8 Å². The molecule has 0 aliphatic rings. The highest BCUT2D eigenvalue weighted by Gasteiger charge is 2.37. The molecule has 2 N–H and O–H groups in total. The summed E-state index contributed by atoms with van der Waals surface area (Å²) >= 11 is 0. The number of halogens is 3. The van der Waals surface area contributed by atoms with E-state index in [-0.39, 0.29) is 17.9 Å². The molecule has 0 atom stereocenters. The van der Waals surface area contributed by atoms with Gasteiger partial charge in [-0.15, -0.1) is 0 Å². The number of aromatic nitrogens is 3. The van der Waals surface area contributed by atoms with Crippen LogP contribution >= 0.6 is 0 Å². The summed E-state index contributed by atoms with van der Waals surface area (Å²) in [6, 6.07) is -0.816. The third-order valence-electron chi connectivity index (χ3n) is 3.07. The van der Waals surface area contributed by atoms with Gasteiger partial charge in [-0.05, 0) is 0 Å². The molecule has 7 nitrogen and oxygen atoms in total. The fourth-order valence-electron chi connectivity index (χ4n) is 1.85. The highest BCUT2D eigenvalue weighted by Crippen LogP contribution is 2.33. The molecule has 2 rings (SSSR count). The van der Waals surface area contributed by atoms with E-state index in [1.165, 1.54) is 13.3 Å².